The summed E-state index contributed by atoms with van der Waals surface area (Å²) in [6.45, 7) is 2.13. The molecule has 0 atom stereocenters. The number of aromatic nitrogens is 3. The number of hydrogen-bond donors (Lipinski definition) is 1. The maximum absolute atomic E-state index is 6.20. The first kappa shape index (κ1) is 13.5. The fraction of sp³-hybridized carbons (Fsp3) is 0.286. The van der Waals surface area contributed by atoms with E-state index < -0.39 is 0 Å². The van der Waals surface area contributed by atoms with Crippen molar-refractivity contribution in [1.29, 1.82) is 0 Å². The summed E-state index contributed by atoms with van der Waals surface area (Å²) < 4.78 is 4.06. The molecule has 0 radical (unpaired) electrons. The van der Waals surface area contributed by atoms with Crippen molar-refractivity contribution < 1.29 is 0 Å². The van der Waals surface area contributed by atoms with Crippen LogP contribution in [0.3, 0.4) is 0 Å². The Balaban J connectivity index is 1.94. The second kappa shape index (κ2) is 5.46. The number of rotatable bonds is 4. The summed E-state index contributed by atoms with van der Waals surface area (Å²) in [5.74, 6) is 0. The summed E-state index contributed by atoms with van der Waals surface area (Å²) >= 11 is 3.28. The topological polar surface area (TPSA) is 56.7 Å². The van der Waals surface area contributed by atoms with E-state index in [4.69, 9.17) is 5.73 Å². The molecule has 104 valence electrons. The third kappa shape index (κ3) is 2.41. The number of aryl methyl sites for hydroxylation is 2. The quantitative estimate of drug-likeness (QED) is 0.798. The van der Waals surface area contributed by atoms with Crippen LogP contribution in [0.25, 0.3) is 10.2 Å². The Labute approximate surface area is 126 Å². The van der Waals surface area contributed by atoms with E-state index >= 15 is 0 Å². The molecule has 4 nitrogen and oxygen atoms in total. The van der Waals surface area contributed by atoms with E-state index in [2.05, 4.69) is 23.1 Å². The fourth-order valence-electron chi connectivity index (χ4n) is 2.10. The molecule has 0 aliphatic heterocycles. The molecule has 0 amide bonds. The van der Waals surface area contributed by atoms with Gasteiger partial charge in [-0.15, -0.1) is 11.3 Å². The maximum Gasteiger partial charge on any atom is 0.157 e. The van der Waals surface area contributed by atoms with Crippen LogP contribution in [0, 0.1) is 0 Å². The molecule has 6 heteroatoms. The van der Waals surface area contributed by atoms with Gasteiger partial charge < -0.3 is 5.73 Å². The molecular formula is C14H16N4S2. The molecule has 1 aromatic carbocycles. The monoisotopic (exact) mass is 304 g/mol. The highest BCUT2D eigenvalue weighted by Gasteiger charge is 2.15. The van der Waals surface area contributed by atoms with Crippen LogP contribution in [0.1, 0.15) is 19.0 Å². The Morgan fingerprint density at radius 2 is 2.15 bits per heavy atom. The number of nitrogen functional groups attached to an aromatic ring is 1. The van der Waals surface area contributed by atoms with Crippen molar-refractivity contribution in [2.75, 3.05) is 5.73 Å². The minimum atomic E-state index is 0.790. The van der Waals surface area contributed by atoms with Gasteiger partial charge in [0.2, 0.25) is 0 Å². The predicted molar refractivity (Wildman–Crippen MR) is 85.4 cm³/mol. The zero-order valence-electron chi connectivity index (χ0n) is 11.5. The Morgan fingerprint density at radius 3 is 2.90 bits per heavy atom. The van der Waals surface area contributed by atoms with Gasteiger partial charge in [-0.3, -0.25) is 4.68 Å². The molecule has 0 aliphatic carbocycles. The van der Waals surface area contributed by atoms with Gasteiger partial charge in [-0.05, 0) is 30.3 Å². The zero-order valence-corrected chi connectivity index (χ0v) is 13.1. The Morgan fingerprint density at radius 1 is 1.35 bits per heavy atom. The Kier molecular flexibility index (Phi) is 3.67. The number of nitrogens with two attached hydrogens (primary N) is 1. The van der Waals surface area contributed by atoms with Crippen molar-refractivity contribution in [3.05, 3.63) is 30.0 Å². The molecule has 0 saturated heterocycles. The second-order valence-corrected chi connectivity index (χ2v) is 6.86. The predicted octanol–water partition coefficient (Wildman–Crippen LogP) is 3.72. The molecule has 3 rings (SSSR count). The minimum absolute atomic E-state index is 0.790. The summed E-state index contributed by atoms with van der Waals surface area (Å²) in [6, 6.07) is 8.16. The van der Waals surface area contributed by atoms with Gasteiger partial charge in [-0.2, -0.15) is 5.10 Å². The fourth-order valence-corrected chi connectivity index (χ4v) is 4.18. The molecular weight excluding hydrogens is 288 g/mol. The van der Waals surface area contributed by atoms with Crippen molar-refractivity contribution in [2.24, 2.45) is 7.05 Å². The first-order chi connectivity index (χ1) is 9.69. The first-order valence-corrected chi connectivity index (χ1v) is 8.17. The van der Waals surface area contributed by atoms with E-state index in [0.29, 0.717) is 0 Å². The van der Waals surface area contributed by atoms with Gasteiger partial charge in [0.25, 0.3) is 0 Å². The van der Waals surface area contributed by atoms with E-state index in [9.17, 15) is 0 Å². The molecule has 0 spiro atoms. The third-order valence-corrected chi connectivity index (χ3v) is 5.33. The molecule has 2 N–H and O–H groups in total. The van der Waals surface area contributed by atoms with E-state index in [0.717, 1.165) is 39.1 Å². The number of hydrogen-bond acceptors (Lipinski definition) is 5. The van der Waals surface area contributed by atoms with Crippen LogP contribution in [-0.4, -0.2) is 14.8 Å². The molecule has 0 aliphatic rings. The maximum atomic E-state index is 6.20. The average Bonchev–Trinajstić information content (AvgIpc) is 2.95. The van der Waals surface area contributed by atoms with Crippen LogP contribution < -0.4 is 5.73 Å². The zero-order chi connectivity index (χ0) is 14.1. The summed E-state index contributed by atoms with van der Waals surface area (Å²) in [6.07, 6.45) is 1.96. The number of fused-ring (bicyclic) bond motifs is 1. The summed E-state index contributed by atoms with van der Waals surface area (Å²) in [7, 11) is 1.94. The normalized spacial score (nSPS) is 11.3. The van der Waals surface area contributed by atoms with Gasteiger partial charge in [-0.1, -0.05) is 25.5 Å². The van der Waals surface area contributed by atoms with Crippen LogP contribution in [0.2, 0.25) is 0 Å². The number of anilines is 1. The lowest BCUT2D eigenvalue weighted by atomic mass is 10.2. The molecule has 0 unspecified atom stereocenters. The largest absolute Gasteiger partial charge is 0.395 e. The van der Waals surface area contributed by atoms with Crippen LogP contribution >= 0.6 is 23.1 Å². The van der Waals surface area contributed by atoms with E-state index in [-0.39, 0.29) is 0 Å². The van der Waals surface area contributed by atoms with Crippen LogP contribution in [0.15, 0.2) is 33.6 Å². The highest BCUT2D eigenvalue weighted by atomic mass is 32.2. The van der Waals surface area contributed by atoms with Crippen LogP contribution in [0.5, 0.6) is 0 Å². The average molecular weight is 304 g/mol. The highest BCUT2D eigenvalue weighted by Crippen LogP contribution is 2.37. The van der Waals surface area contributed by atoms with Crippen molar-refractivity contribution >= 4 is 39.0 Å². The molecule has 3 aromatic rings. The smallest absolute Gasteiger partial charge is 0.157 e. The number of nitrogens with zero attached hydrogens (tertiary/aromatic N) is 3. The number of para-hydroxylation sites is 1. The van der Waals surface area contributed by atoms with Crippen molar-refractivity contribution in [3.8, 4) is 0 Å². The van der Waals surface area contributed by atoms with E-state index in [1.54, 1.807) is 23.1 Å². The van der Waals surface area contributed by atoms with Crippen LogP contribution in [0.4, 0.5) is 5.69 Å². The molecule has 0 saturated carbocycles. The first-order valence-electron chi connectivity index (χ1n) is 6.53. The summed E-state index contributed by atoms with van der Waals surface area (Å²) in [4.78, 5) is 4.63. The molecule has 0 bridgehead atoms. The standard InChI is InChI=1S/C14H16N4S2/c1-3-6-10-12(15)13(18(2)17-10)20-14-16-9-7-4-5-8-11(9)19-14/h4-5,7-8H,3,6,15H2,1-2H3. The van der Waals surface area contributed by atoms with Crippen molar-refractivity contribution in [3.63, 3.8) is 0 Å². The lowest BCUT2D eigenvalue weighted by molar-refractivity contribution is 0.681. The summed E-state index contributed by atoms with van der Waals surface area (Å²) in [5.41, 5.74) is 9.02. The van der Waals surface area contributed by atoms with Crippen molar-refractivity contribution in [2.45, 2.75) is 29.1 Å². The van der Waals surface area contributed by atoms with Gasteiger partial charge in [0, 0.05) is 7.05 Å². The van der Waals surface area contributed by atoms with Gasteiger partial charge in [0.15, 0.2) is 4.34 Å². The van der Waals surface area contributed by atoms with E-state index in [1.165, 1.54) is 4.70 Å². The second-order valence-electron chi connectivity index (χ2n) is 4.59. The highest BCUT2D eigenvalue weighted by molar-refractivity contribution is 8.01. The molecule has 2 aromatic heterocycles. The third-order valence-electron chi connectivity index (χ3n) is 3.05. The summed E-state index contributed by atoms with van der Waals surface area (Å²) in [5, 5.41) is 5.48. The van der Waals surface area contributed by atoms with Gasteiger partial charge in [0.05, 0.1) is 21.6 Å². The molecule has 20 heavy (non-hydrogen) atoms. The van der Waals surface area contributed by atoms with Gasteiger partial charge in [0.1, 0.15) is 5.03 Å². The number of benzene rings is 1. The Hall–Kier alpha value is -1.53. The van der Waals surface area contributed by atoms with E-state index in [1.807, 2.05) is 29.9 Å². The Bertz CT molecular complexity index is 712. The SMILES string of the molecule is CCCc1nn(C)c(Sc2nc3ccccc3s2)c1N. The van der Waals surface area contributed by atoms with Crippen molar-refractivity contribution in [1.82, 2.24) is 14.8 Å². The lowest BCUT2D eigenvalue weighted by Gasteiger charge is -1.99. The lowest BCUT2D eigenvalue weighted by Crippen LogP contribution is -1.93. The minimum Gasteiger partial charge on any atom is -0.395 e. The number of thiazole rings is 1. The molecule has 2 heterocycles. The van der Waals surface area contributed by atoms with Crippen LogP contribution in [-0.2, 0) is 13.5 Å². The van der Waals surface area contributed by atoms with Gasteiger partial charge in [-0.25, -0.2) is 4.98 Å². The van der Waals surface area contributed by atoms with Gasteiger partial charge >= 0.3 is 0 Å². The molecule has 0 fully saturated rings.